The van der Waals surface area contributed by atoms with Crippen LogP contribution < -0.4 is 5.32 Å². The highest BCUT2D eigenvalue weighted by atomic mass is 19.2. The minimum Gasteiger partial charge on any atom is -0.352 e. The minimum atomic E-state index is -1.58. The van der Waals surface area contributed by atoms with Crippen molar-refractivity contribution in [2.24, 2.45) is 0 Å². The minimum absolute atomic E-state index is 0.0384. The summed E-state index contributed by atoms with van der Waals surface area (Å²) < 4.78 is 40.2. The first-order valence-electron chi connectivity index (χ1n) is 8.27. The van der Waals surface area contributed by atoms with E-state index in [9.17, 15) is 22.8 Å². The van der Waals surface area contributed by atoms with Crippen LogP contribution in [-0.2, 0) is 4.79 Å². The first-order valence-corrected chi connectivity index (χ1v) is 8.27. The Hall–Kier alpha value is -3.10. The van der Waals surface area contributed by atoms with Crippen LogP contribution in [0.2, 0.25) is 0 Å². The van der Waals surface area contributed by atoms with Gasteiger partial charge in [0.2, 0.25) is 5.91 Å². The lowest BCUT2D eigenvalue weighted by atomic mass is 10.2. The average molecular weight is 378 g/mol. The van der Waals surface area contributed by atoms with E-state index >= 15 is 0 Å². The number of benzene rings is 1. The number of nitrogens with one attached hydrogen (secondary N) is 1. The maximum Gasteiger partial charge on any atom is 0.255 e. The molecule has 1 aromatic heterocycles. The fourth-order valence-corrected chi connectivity index (χ4v) is 2.81. The lowest BCUT2D eigenvalue weighted by Gasteiger charge is -2.34. The molecule has 0 aliphatic carbocycles. The van der Waals surface area contributed by atoms with E-state index in [2.05, 4.69) is 10.3 Å². The number of piperazine rings is 1. The molecule has 1 aromatic carbocycles. The molecule has 0 unspecified atom stereocenters. The number of rotatable bonds is 3. The zero-order chi connectivity index (χ0) is 19.6. The number of anilines is 2. The van der Waals surface area contributed by atoms with E-state index in [0.717, 1.165) is 12.1 Å². The maximum absolute atomic E-state index is 13.8. The highest BCUT2D eigenvalue weighted by Gasteiger charge is 2.23. The van der Waals surface area contributed by atoms with Gasteiger partial charge in [0.15, 0.2) is 17.5 Å². The highest BCUT2D eigenvalue weighted by Crippen LogP contribution is 2.24. The molecule has 1 N–H and O–H groups in total. The van der Waals surface area contributed by atoms with Crippen LogP contribution in [0.25, 0.3) is 0 Å². The molecule has 27 heavy (non-hydrogen) atoms. The lowest BCUT2D eigenvalue weighted by Crippen LogP contribution is -2.50. The average Bonchev–Trinajstić information content (AvgIpc) is 2.68. The van der Waals surface area contributed by atoms with E-state index in [0.29, 0.717) is 26.2 Å². The third-order valence-corrected chi connectivity index (χ3v) is 4.31. The number of carbonyl (C=O) groups excluding carboxylic acids is 2. The number of carbonyl (C=O) groups is 2. The summed E-state index contributed by atoms with van der Waals surface area (Å²) in [4.78, 5) is 31.2. The number of nitrogens with zero attached hydrogens (tertiary/aromatic N) is 3. The van der Waals surface area contributed by atoms with Gasteiger partial charge >= 0.3 is 0 Å². The van der Waals surface area contributed by atoms with Gasteiger partial charge in [0.05, 0.1) is 23.1 Å². The molecule has 0 bridgehead atoms. The van der Waals surface area contributed by atoms with Crippen molar-refractivity contribution in [1.29, 1.82) is 0 Å². The van der Waals surface area contributed by atoms with Gasteiger partial charge in [0.25, 0.3) is 5.91 Å². The zero-order valence-electron chi connectivity index (χ0n) is 14.5. The van der Waals surface area contributed by atoms with E-state index in [1.807, 2.05) is 0 Å². The van der Waals surface area contributed by atoms with Crippen molar-refractivity contribution >= 4 is 23.2 Å². The molecule has 0 saturated carbocycles. The molecule has 3 rings (SSSR count). The van der Waals surface area contributed by atoms with Crippen LogP contribution in [0.5, 0.6) is 0 Å². The molecule has 9 heteroatoms. The summed E-state index contributed by atoms with van der Waals surface area (Å²) in [7, 11) is 0. The number of hydrogen-bond acceptors (Lipinski definition) is 4. The van der Waals surface area contributed by atoms with Crippen molar-refractivity contribution in [2.45, 2.75) is 6.92 Å². The third kappa shape index (κ3) is 4.02. The molecular weight excluding hydrogens is 361 g/mol. The molecule has 1 saturated heterocycles. The van der Waals surface area contributed by atoms with Gasteiger partial charge in [-0.1, -0.05) is 0 Å². The summed E-state index contributed by atoms with van der Waals surface area (Å²) in [5.74, 6) is -4.54. The van der Waals surface area contributed by atoms with E-state index in [1.54, 1.807) is 9.80 Å². The summed E-state index contributed by atoms with van der Waals surface area (Å²) in [5, 5.41) is 2.59. The predicted octanol–water partition coefficient (Wildman–Crippen LogP) is 2.55. The lowest BCUT2D eigenvalue weighted by molar-refractivity contribution is -0.130. The Balaban J connectivity index is 1.73. The highest BCUT2D eigenvalue weighted by molar-refractivity contribution is 5.95. The summed E-state index contributed by atoms with van der Waals surface area (Å²) in [5.41, 5.74) is 0.253. The fraction of sp³-hybridized carbons (Fsp3) is 0.278. The first-order chi connectivity index (χ1) is 12.9. The monoisotopic (exact) mass is 378 g/mol. The molecule has 6 nitrogen and oxygen atoms in total. The number of aromatic nitrogens is 1. The van der Waals surface area contributed by atoms with Crippen molar-refractivity contribution in [1.82, 2.24) is 14.8 Å². The van der Waals surface area contributed by atoms with Crippen LogP contribution in [0.15, 0.2) is 30.6 Å². The number of hydrogen-bond donors (Lipinski definition) is 1. The van der Waals surface area contributed by atoms with Crippen molar-refractivity contribution in [2.75, 3.05) is 31.5 Å². The van der Waals surface area contributed by atoms with Gasteiger partial charge in [-0.3, -0.25) is 14.6 Å². The van der Waals surface area contributed by atoms with E-state index < -0.39 is 17.5 Å². The SMILES string of the molecule is CC(=O)N1CCN(C(=O)c2cncc(Nc3ccc(F)c(F)c3F)c2)CC1. The number of pyridine rings is 1. The molecule has 142 valence electrons. The Morgan fingerprint density at radius 3 is 2.33 bits per heavy atom. The Kier molecular flexibility index (Phi) is 5.29. The van der Waals surface area contributed by atoms with Crippen LogP contribution >= 0.6 is 0 Å². The van der Waals surface area contributed by atoms with Crippen LogP contribution in [0.1, 0.15) is 17.3 Å². The number of halogens is 3. The van der Waals surface area contributed by atoms with Crippen molar-refractivity contribution in [3.63, 3.8) is 0 Å². The van der Waals surface area contributed by atoms with Crippen molar-refractivity contribution < 1.29 is 22.8 Å². The van der Waals surface area contributed by atoms with Gasteiger partial charge in [-0.2, -0.15) is 0 Å². The van der Waals surface area contributed by atoms with Crippen LogP contribution in [0.3, 0.4) is 0 Å². The van der Waals surface area contributed by atoms with Crippen LogP contribution in [-0.4, -0.2) is 52.8 Å². The van der Waals surface area contributed by atoms with Gasteiger partial charge in [0, 0.05) is 39.3 Å². The van der Waals surface area contributed by atoms with Crippen LogP contribution in [0, 0.1) is 17.5 Å². The van der Waals surface area contributed by atoms with E-state index in [4.69, 9.17) is 0 Å². The smallest absolute Gasteiger partial charge is 0.255 e. The van der Waals surface area contributed by atoms with Gasteiger partial charge < -0.3 is 15.1 Å². The standard InChI is InChI=1S/C18H17F3N4O2/c1-11(26)24-4-6-25(7-5-24)18(27)12-8-13(10-22-9-12)23-15-3-2-14(19)16(20)17(15)21/h2-3,8-10,23H,4-7H2,1H3. The van der Waals surface area contributed by atoms with Gasteiger partial charge in [-0.05, 0) is 18.2 Å². The molecule has 1 aliphatic heterocycles. The Bertz CT molecular complexity index is 883. The molecule has 0 radical (unpaired) electrons. The Labute approximate surface area is 153 Å². The normalized spacial score (nSPS) is 14.2. The van der Waals surface area contributed by atoms with Crippen molar-refractivity contribution in [3.8, 4) is 0 Å². The van der Waals surface area contributed by atoms with Crippen LogP contribution in [0.4, 0.5) is 24.5 Å². The largest absolute Gasteiger partial charge is 0.352 e. The van der Waals surface area contributed by atoms with E-state index in [-0.39, 0.29) is 28.8 Å². The maximum atomic E-state index is 13.8. The third-order valence-electron chi connectivity index (χ3n) is 4.31. The quantitative estimate of drug-likeness (QED) is 0.834. The first kappa shape index (κ1) is 18.7. The molecule has 2 aromatic rings. The second-order valence-corrected chi connectivity index (χ2v) is 6.11. The second kappa shape index (κ2) is 7.65. The second-order valence-electron chi connectivity index (χ2n) is 6.11. The van der Waals surface area contributed by atoms with Gasteiger partial charge in [-0.15, -0.1) is 0 Å². The molecule has 0 spiro atoms. The molecule has 2 amide bonds. The summed E-state index contributed by atoms with van der Waals surface area (Å²) in [6, 6.07) is 3.31. The van der Waals surface area contributed by atoms with Crippen molar-refractivity contribution in [3.05, 3.63) is 53.6 Å². The zero-order valence-corrected chi connectivity index (χ0v) is 14.5. The molecule has 1 aliphatic rings. The topological polar surface area (TPSA) is 65.5 Å². The molecule has 2 heterocycles. The van der Waals surface area contributed by atoms with Gasteiger partial charge in [-0.25, -0.2) is 13.2 Å². The molecule has 1 fully saturated rings. The summed E-state index contributed by atoms with van der Waals surface area (Å²) >= 11 is 0. The molecular formula is C18H17F3N4O2. The summed E-state index contributed by atoms with van der Waals surface area (Å²) in [6.07, 6.45) is 2.71. The fourth-order valence-electron chi connectivity index (χ4n) is 2.81. The summed E-state index contributed by atoms with van der Waals surface area (Å²) in [6.45, 7) is 3.18. The number of amides is 2. The predicted molar refractivity (Wildman–Crippen MR) is 92.0 cm³/mol. The van der Waals surface area contributed by atoms with Gasteiger partial charge in [0.1, 0.15) is 0 Å². The Morgan fingerprint density at radius 2 is 1.67 bits per heavy atom. The molecule has 0 atom stereocenters. The Morgan fingerprint density at radius 1 is 1.00 bits per heavy atom. The van der Waals surface area contributed by atoms with E-state index in [1.165, 1.54) is 25.4 Å².